The number of fused-ring (bicyclic) bond motifs is 1. The fourth-order valence-corrected chi connectivity index (χ4v) is 3.36. The Hall–Kier alpha value is -2.06. The first kappa shape index (κ1) is 16.8. The van der Waals surface area contributed by atoms with Gasteiger partial charge in [-0.05, 0) is 18.4 Å². The molecule has 1 saturated heterocycles. The summed E-state index contributed by atoms with van der Waals surface area (Å²) in [6.45, 7) is 0.361. The Balaban J connectivity index is 1.85. The van der Waals surface area contributed by atoms with Gasteiger partial charge in [-0.3, -0.25) is 4.79 Å². The highest BCUT2D eigenvalue weighted by atomic mass is 32.2. The lowest BCUT2D eigenvalue weighted by atomic mass is 9.99. The van der Waals surface area contributed by atoms with E-state index in [1.807, 2.05) is 35.1 Å². The minimum Gasteiger partial charge on any atom is -0.479 e. The van der Waals surface area contributed by atoms with Crippen molar-refractivity contribution in [2.75, 3.05) is 19.5 Å². The Labute approximate surface area is 143 Å². The molecule has 3 rings (SSSR count). The molecule has 2 heterocycles. The van der Waals surface area contributed by atoms with E-state index in [0.29, 0.717) is 12.4 Å². The number of nitrogens with zero attached hydrogens (tertiary/aromatic N) is 2. The van der Waals surface area contributed by atoms with Crippen molar-refractivity contribution in [1.29, 1.82) is 0 Å². The molecule has 1 aliphatic rings. The van der Waals surface area contributed by atoms with Crippen LogP contribution in [0.5, 0.6) is 0 Å². The molecule has 0 aliphatic carbocycles. The van der Waals surface area contributed by atoms with Crippen LogP contribution >= 0.6 is 11.8 Å². The average molecular weight is 349 g/mol. The molecule has 0 spiro atoms. The van der Waals surface area contributed by atoms with Crippen LogP contribution in [0.25, 0.3) is 11.0 Å². The molecular formula is C16H19N3O4S. The van der Waals surface area contributed by atoms with Gasteiger partial charge in [-0.2, -0.15) is 11.8 Å². The van der Waals surface area contributed by atoms with Gasteiger partial charge < -0.3 is 19.7 Å². The summed E-state index contributed by atoms with van der Waals surface area (Å²) in [5.74, 6) is 0.0577. The molecule has 1 aliphatic heterocycles. The Kier molecular flexibility index (Phi) is 4.77. The minimum atomic E-state index is -1.33. The number of ether oxygens (including phenoxy) is 1. The van der Waals surface area contributed by atoms with E-state index in [1.54, 1.807) is 11.8 Å². The highest BCUT2D eigenvalue weighted by molar-refractivity contribution is 7.97. The van der Waals surface area contributed by atoms with E-state index in [0.717, 1.165) is 16.9 Å². The van der Waals surface area contributed by atoms with E-state index in [2.05, 4.69) is 10.3 Å². The summed E-state index contributed by atoms with van der Waals surface area (Å²) in [6, 6.07) is 7.60. The largest absolute Gasteiger partial charge is 0.479 e. The lowest BCUT2D eigenvalue weighted by molar-refractivity contribution is -0.147. The SMILES string of the molecule is CSCc1nc2ccccc2n1CC(=O)NC1(C(=O)O)CCOC1. The number of imidazole rings is 1. The Morgan fingerprint density at radius 2 is 2.25 bits per heavy atom. The lowest BCUT2D eigenvalue weighted by Gasteiger charge is -2.24. The maximum atomic E-state index is 12.5. The van der Waals surface area contributed by atoms with Crippen LogP contribution in [0.3, 0.4) is 0 Å². The van der Waals surface area contributed by atoms with Crippen molar-refractivity contribution in [2.24, 2.45) is 0 Å². The molecule has 0 bridgehead atoms. The second-order valence-electron chi connectivity index (χ2n) is 5.77. The van der Waals surface area contributed by atoms with Gasteiger partial charge in [0.25, 0.3) is 0 Å². The fourth-order valence-electron chi connectivity index (χ4n) is 2.88. The quantitative estimate of drug-likeness (QED) is 0.815. The zero-order chi connectivity index (χ0) is 17.2. The van der Waals surface area contributed by atoms with Crippen LogP contribution < -0.4 is 5.32 Å². The third-order valence-corrected chi connectivity index (χ3v) is 4.67. The van der Waals surface area contributed by atoms with E-state index in [1.165, 1.54) is 0 Å². The van der Waals surface area contributed by atoms with Gasteiger partial charge in [-0.15, -0.1) is 0 Å². The summed E-state index contributed by atoms with van der Waals surface area (Å²) < 4.78 is 7.01. The molecule has 128 valence electrons. The van der Waals surface area contributed by atoms with Gasteiger partial charge in [0.2, 0.25) is 5.91 Å². The number of hydrogen-bond acceptors (Lipinski definition) is 5. The van der Waals surface area contributed by atoms with Crippen LogP contribution in [-0.4, -0.2) is 51.5 Å². The van der Waals surface area contributed by atoms with Crippen molar-refractivity contribution in [2.45, 2.75) is 24.3 Å². The number of thioether (sulfide) groups is 1. The van der Waals surface area contributed by atoms with Gasteiger partial charge >= 0.3 is 5.97 Å². The summed E-state index contributed by atoms with van der Waals surface area (Å²) in [4.78, 5) is 28.6. The lowest BCUT2D eigenvalue weighted by Crippen LogP contribution is -2.55. The summed E-state index contributed by atoms with van der Waals surface area (Å²) >= 11 is 1.62. The molecule has 8 heteroatoms. The Morgan fingerprint density at radius 1 is 1.46 bits per heavy atom. The summed E-state index contributed by atoms with van der Waals surface area (Å²) in [5.41, 5.74) is 0.364. The van der Waals surface area contributed by atoms with Gasteiger partial charge in [0.15, 0.2) is 5.54 Å². The van der Waals surface area contributed by atoms with Gasteiger partial charge in [0.1, 0.15) is 12.4 Å². The number of rotatable bonds is 6. The number of carboxylic acid groups (broad SMARTS) is 1. The monoisotopic (exact) mass is 349 g/mol. The van der Waals surface area contributed by atoms with Crippen LogP contribution in [0.15, 0.2) is 24.3 Å². The smallest absolute Gasteiger partial charge is 0.331 e. The summed E-state index contributed by atoms with van der Waals surface area (Å²) in [7, 11) is 0. The number of nitrogens with one attached hydrogen (secondary N) is 1. The Morgan fingerprint density at radius 3 is 2.92 bits per heavy atom. The van der Waals surface area contributed by atoms with Crippen molar-refractivity contribution >= 4 is 34.7 Å². The van der Waals surface area contributed by atoms with Gasteiger partial charge in [-0.1, -0.05) is 12.1 Å². The van der Waals surface area contributed by atoms with Crippen LogP contribution in [-0.2, 0) is 26.6 Å². The van der Waals surface area contributed by atoms with Crippen LogP contribution in [0.1, 0.15) is 12.2 Å². The molecule has 24 heavy (non-hydrogen) atoms. The number of aliphatic carboxylic acids is 1. The number of para-hydroxylation sites is 2. The third-order valence-electron chi connectivity index (χ3n) is 4.12. The van der Waals surface area contributed by atoms with Crippen molar-refractivity contribution in [3.05, 3.63) is 30.1 Å². The first-order valence-corrected chi connectivity index (χ1v) is 9.00. The number of amides is 1. The molecule has 7 nitrogen and oxygen atoms in total. The number of carbonyl (C=O) groups excluding carboxylic acids is 1. The first-order valence-electron chi connectivity index (χ1n) is 7.61. The number of benzene rings is 1. The topological polar surface area (TPSA) is 93.5 Å². The van der Waals surface area contributed by atoms with Crippen molar-refractivity contribution in [3.63, 3.8) is 0 Å². The molecule has 1 aromatic carbocycles. The van der Waals surface area contributed by atoms with Gasteiger partial charge in [0.05, 0.1) is 23.4 Å². The summed E-state index contributed by atoms with van der Waals surface area (Å²) in [6.07, 6.45) is 2.25. The average Bonchev–Trinajstić information content (AvgIpc) is 3.15. The van der Waals surface area contributed by atoms with E-state index in [4.69, 9.17) is 4.74 Å². The maximum Gasteiger partial charge on any atom is 0.331 e. The molecule has 1 amide bonds. The second-order valence-corrected chi connectivity index (χ2v) is 6.64. The number of aromatic nitrogens is 2. The third kappa shape index (κ3) is 3.11. The molecular weight excluding hydrogens is 330 g/mol. The van der Waals surface area contributed by atoms with Crippen molar-refractivity contribution in [3.8, 4) is 0 Å². The van der Waals surface area contributed by atoms with Crippen molar-refractivity contribution in [1.82, 2.24) is 14.9 Å². The minimum absolute atomic E-state index is 0.00355. The number of hydrogen-bond donors (Lipinski definition) is 2. The van der Waals surface area contributed by atoms with Crippen LogP contribution in [0.4, 0.5) is 0 Å². The van der Waals surface area contributed by atoms with Crippen LogP contribution in [0.2, 0.25) is 0 Å². The van der Waals surface area contributed by atoms with E-state index in [9.17, 15) is 14.7 Å². The molecule has 2 aromatic rings. The first-order chi connectivity index (χ1) is 11.6. The molecule has 0 saturated carbocycles. The molecule has 1 unspecified atom stereocenters. The molecule has 0 radical (unpaired) electrons. The zero-order valence-electron chi connectivity index (χ0n) is 13.3. The molecule has 1 aromatic heterocycles. The van der Waals surface area contributed by atoms with E-state index in [-0.39, 0.29) is 25.5 Å². The second kappa shape index (κ2) is 6.82. The highest BCUT2D eigenvalue weighted by Crippen LogP contribution is 2.21. The van der Waals surface area contributed by atoms with Gasteiger partial charge in [-0.25, -0.2) is 9.78 Å². The Bertz CT molecular complexity index is 768. The van der Waals surface area contributed by atoms with Crippen LogP contribution in [0, 0.1) is 0 Å². The van der Waals surface area contributed by atoms with E-state index >= 15 is 0 Å². The molecule has 1 atom stereocenters. The fraction of sp³-hybridized carbons (Fsp3) is 0.438. The number of carbonyl (C=O) groups is 2. The van der Waals surface area contributed by atoms with E-state index < -0.39 is 11.5 Å². The van der Waals surface area contributed by atoms with Gasteiger partial charge in [0, 0.05) is 13.0 Å². The normalized spacial score (nSPS) is 20.4. The maximum absolute atomic E-state index is 12.5. The predicted octanol–water partition coefficient (Wildman–Crippen LogP) is 1.26. The zero-order valence-corrected chi connectivity index (χ0v) is 14.1. The van der Waals surface area contributed by atoms with Crippen molar-refractivity contribution < 1.29 is 19.4 Å². The summed E-state index contributed by atoms with van der Waals surface area (Å²) in [5, 5.41) is 12.1. The highest BCUT2D eigenvalue weighted by Gasteiger charge is 2.43. The number of carboxylic acids is 1. The molecule has 2 N–H and O–H groups in total. The predicted molar refractivity (Wildman–Crippen MR) is 90.9 cm³/mol. The molecule has 1 fully saturated rings. The standard InChI is InChI=1S/C16H19N3O4S/c1-24-9-13-17-11-4-2-3-5-12(11)19(13)8-14(20)18-16(15(21)22)6-7-23-10-16/h2-5H,6-10H2,1H3,(H,18,20)(H,21,22).